The average Bonchev–Trinajstić information content (AvgIpc) is 2.60. The average molecular weight is 327 g/mol. The van der Waals surface area contributed by atoms with Gasteiger partial charge in [0.15, 0.2) is 0 Å². The number of benzene rings is 2. The molecule has 0 aliphatic rings. The zero-order chi connectivity index (χ0) is 17.5. The van der Waals surface area contributed by atoms with Crippen molar-refractivity contribution in [2.24, 2.45) is 0 Å². The SMILES string of the molecule is CCc1ccc(OCc2c(CC)cccc2OC(=O)NC)c(C)c1. The molecule has 0 saturated heterocycles. The van der Waals surface area contributed by atoms with Gasteiger partial charge in [0.1, 0.15) is 18.1 Å². The molecule has 0 unspecified atom stereocenters. The highest BCUT2D eigenvalue weighted by Gasteiger charge is 2.13. The van der Waals surface area contributed by atoms with Crippen LogP contribution in [0.15, 0.2) is 36.4 Å². The molecule has 0 aliphatic carbocycles. The fraction of sp³-hybridized carbons (Fsp3) is 0.350. The first-order valence-electron chi connectivity index (χ1n) is 8.31. The predicted octanol–water partition coefficient (Wildman–Crippen LogP) is 4.42. The molecule has 0 atom stereocenters. The van der Waals surface area contributed by atoms with E-state index in [1.54, 1.807) is 13.1 Å². The largest absolute Gasteiger partial charge is 0.488 e. The maximum atomic E-state index is 11.6. The first kappa shape index (κ1) is 17.9. The molecule has 0 bridgehead atoms. The van der Waals surface area contributed by atoms with Crippen molar-refractivity contribution < 1.29 is 14.3 Å². The van der Waals surface area contributed by atoms with Crippen molar-refractivity contribution in [3.63, 3.8) is 0 Å². The van der Waals surface area contributed by atoms with Crippen molar-refractivity contribution in [2.75, 3.05) is 7.05 Å². The molecule has 2 rings (SSSR count). The number of hydrogen-bond donors (Lipinski definition) is 1. The number of amides is 1. The summed E-state index contributed by atoms with van der Waals surface area (Å²) in [6.07, 6.45) is 1.37. The van der Waals surface area contributed by atoms with Crippen LogP contribution in [0, 0.1) is 6.92 Å². The normalized spacial score (nSPS) is 10.3. The lowest BCUT2D eigenvalue weighted by Gasteiger charge is -2.16. The van der Waals surface area contributed by atoms with Gasteiger partial charge in [0.2, 0.25) is 0 Å². The van der Waals surface area contributed by atoms with Crippen molar-refractivity contribution in [3.05, 3.63) is 58.7 Å². The second kappa shape index (κ2) is 8.39. The Morgan fingerprint density at radius 2 is 1.88 bits per heavy atom. The van der Waals surface area contributed by atoms with E-state index in [1.165, 1.54) is 5.56 Å². The van der Waals surface area contributed by atoms with Crippen molar-refractivity contribution in [1.29, 1.82) is 0 Å². The monoisotopic (exact) mass is 327 g/mol. The number of ether oxygens (including phenoxy) is 2. The summed E-state index contributed by atoms with van der Waals surface area (Å²) in [6.45, 7) is 6.61. The number of nitrogens with one attached hydrogen (secondary N) is 1. The molecule has 0 radical (unpaired) electrons. The lowest BCUT2D eigenvalue weighted by molar-refractivity contribution is 0.201. The van der Waals surface area contributed by atoms with Crippen LogP contribution in [0.1, 0.15) is 36.1 Å². The third-order valence-corrected chi connectivity index (χ3v) is 4.04. The van der Waals surface area contributed by atoms with Gasteiger partial charge in [-0.1, -0.05) is 38.1 Å². The summed E-state index contributed by atoms with van der Waals surface area (Å²) < 4.78 is 11.4. The molecule has 0 fully saturated rings. The van der Waals surface area contributed by atoms with Gasteiger partial charge in [-0.15, -0.1) is 0 Å². The predicted molar refractivity (Wildman–Crippen MR) is 95.8 cm³/mol. The minimum Gasteiger partial charge on any atom is -0.488 e. The van der Waals surface area contributed by atoms with Gasteiger partial charge in [0.05, 0.1) is 0 Å². The minimum absolute atomic E-state index is 0.364. The van der Waals surface area contributed by atoms with Crippen molar-refractivity contribution in [1.82, 2.24) is 5.32 Å². The van der Waals surface area contributed by atoms with Crippen molar-refractivity contribution in [3.8, 4) is 11.5 Å². The smallest absolute Gasteiger partial charge is 0.412 e. The molecule has 0 aliphatic heterocycles. The number of aryl methyl sites for hydroxylation is 3. The van der Waals surface area contributed by atoms with Crippen LogP contribution >= 0.6 is 0 Å². The van der Waals surface area contributed by atoms with Crippen LogP contribution in [0.25, 0.3) is 0 Å². The van der Waals surface area contributed by atoms with Crippen LogP contribution in [0.4, 0.5) is 4.79 Å². The molecule has 4 nitrogen and oxygen atoms in total. The van der Waals surface area contributed by atoms with E-state index in [0.29, 0.717) is 12.4 Å². The van der Waals surface area contributed by atoms with E-state index in [2.05, 4.69) is 31.3 Å². The van der Waals surface area contributed by atoms with E-state index in [0.717, 1.165) is 35.3 Å². The third kappa shape index (κ3) is 4.28. The standard InChI is InChI=1S/C20H25NO3/c1-5-15-10-11-18(14(3)12-15)23-13-17-16(6-2)8-7-9-19(17)24-20(22)21-4/h7-12H,5-6,13H2,1-4H3,(H,21,22). The number of hydrogen-bond acceptors (Lipinski definition) is 3. The van der Waals surface area contributed by atoms with E-state index in [4.69, 9.17) is 9.47 Å². The van der Waals surface area contributed by atoms with Crippen LogP contribution in [0.3, 0.4) is 0 Å². The van der Waals surface area contributed by atoms with Crippen LogP contribution in [-0.4, -0.2) is 13.1 Å². The van der Waals surface area contributed by atoms with E-state index in [1.807, 2.05) is 25.1 Å². The molecule has 1 amide bonds. The molecule has 2 aromatic carbocycles. The molecular weight excluding hydrogens is 302 g/mol. The van der Waals surface area contributed by atoms with Gasteiger partial charge in [-0.05, 0) is 48.6 Å². The fourth-order valence-electron chi connectivity index (χ4n) is 2.60. The van der Waals surface area contributed by atoms with Crippen LogP contribution in [0.5, 0.6) is 11.5 Å². The molecule has 128 valence electrons. The summed E-state index contributed by atoms with van der Waals surface area (Å²) in [5.41, 5.74) is 4.41. The quantitative estimate of drug-likeness (QED) is 0.854. The first-order valence-corrected chi connectivity index (χ1v) is 8.31. The summed E-state index contributed by atoms with van der Waals surface area (Å²) in [6, 6.07) is 11.9. The van der Waals surface area contributed by atoms with Gasteiger partial charge in [-0.2, -0.15) is 0 Å². The Bertz CT molecular complexity index is 710. The van der Waals surface area contributed by atoms with Gasteiger partial charge < -0.3 is 14.8 Å². The topological polar surface area (TPSA) is 47.6 Å². The third-order valence-electron chi connectivity index (χ3n) is 4.04. The number of carbonyl (C=O) groups excluding carboxylic acids is 1. The van der Waals surface area contributed by atoms with Crippen LogP contribution in [0.2, 0.25) is 0 Å². The Hall–Kier alpha value is -2.49. The molecule has 4 heteroatoms. The van der Waals surface area contributed by atoms with Gasteiger partial charge in [0, 0.05) is 12.6 Å². The molecule has 0 aromatic heterocycles. The van der Waals surface area contributed by atoms with Gasteiger partial charge in [-0.25, -0.2) is 4.79 Å². The zero-order valence-electron chi connectivity index (χ0n) is 14.8. The Labute approximate surface area is 143 Å². The maximum Gasteiger partial charge on any atom is 0.412 e. The summed E-state index contributed by atoms with van der Waals surface area (Å²) in [7, 11) is 1.54. The lowest BCUT2D eigenvalue weighted by atomic mass is 10.0. The number of carbonyl (C=O) groups is 1. The van der Waals surface area contributed by atoms with E-state index < -0.39 is 6.09 Å². The van der Waals surface area contributed by atoms with Crippen LogP contribution < -0.4 is 14.8 Å². The summed E-state index contributed by atoms with van der Waals surface area (Å²) in [5.74, 6) is 1.39. The number of rotatable bonds is 6. The van der Waals surface area contributed by atoms with Gasteiger partial charge in [0.25, 0.3) is 0 Å². The van der Waals surface area contributed by atoms with E-state index in [-0.39, 0.29) is 0 Å². The molecule has 1 N–H and O–H groups in total. The van der Waals surface area contributed by atoms with Crippen LogP contribution in [-0.2, 0) is 19.4 Å². The molecule has 24 heavy (non-hydrogen) atoms. The minimum atomic E-state index is -0.479. The second-order valence-corrected chi connectivity index (χ2v) is 5.63. The van der Waals surface area contributed by atoms with E-state index >= 15 is 0 Å². The fourth-order valence-corrected chi connectivity index (χ4v) is 2.60. The van der Waals surface area contributed by atoms with Crippen molar-refractivity contribution >= 4 is 6.09 Å². The summed E-state index contributed by atoms with van der Waals surface area (Å²) >= 11 is 0. The highest BCUT2D eigenvalue weighted by molar-refractivity contribution is 5.70. The van der Waals surface area contributed by atoms with E-state index in [9.17, 15) is 4.79 Å². The second-order valence-electron chi connectivity index (χ2n) is 5.63. The Balaban J connectivity index is 2.23. The maximum absolute atomic E-state index is 11.6. The molecule has 0 heterocycles. The molecular formula is C20H25NO3. The Morgan fingerprint density at radius 1 is 1.08 bits per heavy atom. The zero-order valence-corrected chi connectivity index (χ0v) is 14.8. The lowest BCUT2D eigenvalue weighted by Crippen LogP contribution is -2.23. The van der Waals surface area contributed by atoms with Crippen molar-refractivity contribution in [2.45, 2.75) is 40.2 Å². The Morgan fingerprint density at radius 3 is 2.50 bits per heavy atom. The van der Waals surface area contributed by atoms with Gasteiger partial charge in [-0.3, -0.25) is 0 Å². The first-order chi connectivity index (χ1) is 11.6. The summed E-state index contributed by atoms with van der Waals surface area (Å²) in [4.78, 5) is 11.6. The van der Waals surface area contributed by atoms with Gasteiger partial charge >= 0.3 is 6.09 Å². The molecule has 2 aromatic rings. The highest BCUT2D eigenvalue weighted by Crippen LogP contribution is 2.27. The Kier molecular flexibility index (Phi) is 6.24. The molecule has 0 spiro atoms. The summed E-state index contributed by atoms with van der Waals surface area (Å²) in [5, 5.41) is 2.47. The highest BCUT2D eigenvalue weighted by atomic mass is 16.6. The molecule has 0 saturated carbocycles.